The molecule has 2 heterocycles. The molecule has 14 heavy (non-hydrogen) atoms. The summed E-state index contributed by atoms with van der Waals surface area (Å²) < 4.78 is 0. The summed E-state index contributed by atoms with van der Waals surface area (Å²) in [5, 5.41) is 4.05. The third kappa shape index (κ3) is 1.82. The second-order valence-electron chi connectivity index (χ2n) is 2.94. The number of nitrogen functional groups attached to an aromatic ring is 1. The van der Waals surface area contributed by atoms with Crippen LogP contribution in [0.1, 0.15) is 11.1 Å². The average molecular weight is 207 g/mol. The zero-order valence-electron chi connectivity index (χ0n) is 7.36. The molecule has 0 atom stereocenters. The van der Waals surface area contributed by atoms with Crippen molar-refractivity contribution >= 4 is 17.2 Å². The van der Waals surface area contributed by atoms with Gasteiger partial charge in [0.15, 0.2) is 0 Å². The first-order valence-electron chi connectivity index (χ1n) is 4.10. The molecule has 0 aliphatic rings. The van der Waals surface area contributed by atoms with E-state index >= 15 is 0 Å². The fraction of sp³-hybridized carbons (Fsp3) is 0.111. The van der Waals surface area contributed by atoms with Crippen molar-refractivity contribution in [2.24, 2.45) is 0 Å². The van der Waals surface area contributed by atoms with Crippen LogP contribution in [0.3, 0.4) is 0 Å². The zero-order chi connectivity index (χ0) is 9.97. The summed E-state index contributed by atoms with van der Waals surface area (Å²) in [4.78, 5) is 16.9. The molecule has 0 spiro atoms. The molecule has 0 aliphatic heterocycles. The van der Waals surface area contributed by atoms with Crippen LogP contribution in [0.5, 0.6) is 0 Å². The van der Waals surface area contributed by atoms with Crippen LogP contribution >= 0.6 is 11.3 Å². The van der Waals surface area contributed by atoms with Crippen LogP contribution in [-0.4, -0.2) is 9.97 Å². The number of nitrogens with zero attached hydrogens (tertiary/aromatic N) is 1. The third-order valence-corrected chi connectivity index (χ3v) is 2.63. The number of aromatic amines is 1. The van der Waals surface area contributed by atoms with Gasteiger partial charge in [-0.1, -0.05) is 0 Å². The van der Waals surface area contributed by atoms with Gasteiger partial charge < -0.3 is 5.73 Å². The Hall–Kier alpha value is -1.62. The van der Waals surface area contributed by atoms with Gasteiger partial charge >= 0.3 is 5.69 Å². The Morgan fingerprint density at radius 1 is 1.57 bits per heavy atom. The van der Waals surface area contributed by atoms with Crippen molar-refractivity contribution in [2.75, 3.05) is 5.73 Å². The van der Waals surface area contributed by atoms with Crippen molar-refractivity contribution in [1.82, 2.24) is 9.97 Å². The van der Waals surface area contributed by atoms with E-state index < -0.39 is 5.69 Å². The molecule has 5 heteroatoms. The molecule has 0 bridgehead atoms. The highest BCUT2D eigenvalue weighted by molar-refractivity contribution is 7.07. The topological polar surface area (TPSA) is 71.8 Å². The van der Waals surface area contributed by atoms with Crippen LogP contribution in [0, 0.1) is 0 Å². The maximum atomic E-state index is 10.8. The number of hydrogen-bond acceptors (Lipinski definition) is 4. The van der Waals surface area contributed by atoms with Gasteiger partial charge in [0, 0.05) is 18.2 Å². The van der Waals surface area contributed by atoms with Crippen LogP contribution in [0.25, 0.3) is 0 Å². The van der Waals surface area contributed by atoms with Crippen molar-refractivity contribution in [1.29, 1.82) is 0 Å². The number of thiophene rings is 1. The first-order chi connectivity index (χ1) is 6.75. The summed E-state index contributed by atoms with van der Waals surface area (Å²) in [5.41, 5.74) is 7.27. The number of anilines is 1. The van der Waals surface area contributed by atoms with Gasteiger partial charge in [0.1, 0.15) is 5.82 Å². The van der Waals surface area contributed by atoms with Gasteiger partial charge in [-0.3, -0.25) is 4.98 Å². The smallest absolute Gasteiger partial charge is 0.346 e. The Bertz CT molecular complexity index is 475. The van der Waals surface area contributed by atoms with Gasteiger partial charge in [-0.25, -0.2) is 9.78 Å². The molecule has 0 saturated heterocycles. The predicted molar refractivity (Wildman–Crippen MR) is 56.4 cm³/mol. The van der Waals surface area contributed by atoms with E-state index in [4.69, 9.17) is 5.73 Å². The molecule has 72 valence electrons. The molecule has 0 amide bonds. The lowest BCUT2D eigenvalue weighted by molar-refractivity contribution is 1.03. The van der Waals surface area contributed by atoms with Crippen LogP contribution in [0.4, 0.5) is 5.82 Å². The number of rotatable bonds is 2. The van der Waals surface area contributed by atoms with Crippen LogP contribution in [0.15, 0.2) is 27.8 Å². The monoisotopic (exact) mass is 207 g/mol. The largest absolute Gasteiger partial charge is 0.385 e. The first-order valence-corrected chi connectivity index (χ1v) is 5.05. The maximum absolute atomic E-state index is 10.8. The highest BCUT2D eigenvalue weighted by Gasteiger charge is 2.02. The van der Waals surface area contributed by atoms with Gasteiger partial charge in [0.2, 0.25) is 0 Å². The molecule has 0 fully saturated rings. The van der Waals surface area contributed by atoms with Gasteiger partial charge in [-0.15, -0.1) is 0 Å². The number of hydrogen-bond donors (Lipinski definition) is 2. The normalized spacial score (nSPS) is 10.3. The minimum absolute atomic E-state index is 0.399. The minimum atomic E-state index is -0.406. The Morgan fingerprint density at radius 2 is 2.43 bits per heavy atom. The fourth-order valence-corrected chi connectivity index (χ4v) is 1.86. The Kier molecular flexibility index (Phi) is 2.32. The number of aromatic nitrogens is 2. The van der Waals surface area contributed by atoms with E-state index in [2.05, 4.69) is 9.97 Å². The lowest BCUT2D eigenvalue weighted by atomic mass is 10.1. The number of nitrogens with two attached hydrogens (primary N) is 1. The molecule has 0 aliphatic carbocycles. The Labute approximate surface area is 84.4 Å². The molecule has 4 nitrogen and oxygen atoms in total. The number of nitrogens with one attached hydrogen (secondary N) is 1. The van der Waals surface area contributed by atoms with Crippen molar-refractivity contribution in [2.45, 2.75) is 6.42 Å². The van der Waals surface area contributed by atoms with E-state index in [1.54, 1.807) is 11.3 Å². The lowest BCUT2D eigenvalue weighted by Crippen LogP contribution is -2.14. The zero-order valence-corrected chi connectivity index (χ0v) is 8.17. The van der Waals surface area contributed by atoms with Crippen molar-refractivity contribution in [3.63, 3.8) is 0 Å². The van der Waals surface area contributed by atoms with Crippen LogP contribution in [0.2, 0.25) is 0 Å². The van der Waals surface area contributed by atoms with E-state index in [9.17, 15) is 4.79 Å². The quantitative estimate of drug-likeness (QED) is 0.771. The van der Waals surface area contributed by atoms with Gasteiger partial charge in [-0.05, 0) is 22.4 Å². The summed E-state index contributed by atoms with van der Waals surface area (Å²) in [7, 11) is 0. The van der Waals surface area contributed by atoms with E-state index in [-0.39, 0.29) is 0 Å². The summed E-state index contributed by atoms with van der Waals surface area (Å²) in [5.74, 6) is 0.399. The summed E-state index contributed by atoms with van der Waals surface area (Å²) in [6.07, 6.45) is 2.23. The fourth-order valence-electron chi connectivity index (χ4n) is 1.19. The number of H-pyrrole nitrogens is 1. The summed E-state index contributed by atoms with van der Waals surface area (Å²) in [6, 6.07) is 2.02. The van der Waals surface area contributed by atoms with Gasteiger partial charge in [0.05, 0.1) is 0 Å². The molecule has 0 aromatic carbocycles. The molecule has 2 aromatic heterocycles. The standard InChI is InChI=1S/C9H9N3OS/c10-8-7(4-11-9(13)12-8)3-6-1-2-14-5-6/h1-2,4-5H,3H2,(H3,10,11,12,13). The summed E-state index contributed by atoms with van der Waals surface area (Å²) >= 11 is 1.63. The van der Waals surface area contributed by atoms with E-state index in [1.165, 1.54) is 11.8 Å². The molecule has 2 rings (SSSR count). The molecule has 0 saturated carbocycles. The molecule has 3 N–H and O–H groups in total. The highest BCUT2D eigenvalue weighted by Crippen LogP contribution is 2.14. The predicted octanol–water partition coefficient (Wildman–Crippen LogP) is 1.00. The lowest BCUT2D eigenvalue weighted by Gasteiger charge is -2.01. The molecular weight excluding hydrogens is 198 g/mol. The Balaban J connectivity index is 2.30. The molecular formula is C9H9N3OS. The van der Waals surface area contributed by atoms with Crippen molar-refractivity contribution < 1.29 is 0 Å². The third-order valence-electron chi connectivity index (χ3n) is 1.90. The van der Waals surface area contributed by atoms with Gasteiger partial charge in [-0.2, -0.15) is 11.3 Å². The first kappa shape index (κ1) is 8.96. The Morgan fingerprint density at radius 3 is 3.07 bits per heavy atom. The van der Waals surface area contributed by atoms with Crippen LogP contribution < -0.4 is 11.4 Å². The summed E-state index contributed by atoms with van der Waals surface area (Å²) in [6.45, 7) is 0. The SMILES string of the molecule is Nc1[nH]c(=O)ncc1Cc1ccsc1. The van der Waals surface area contributed by atoms with E-state index in [0.717, 1.165) is 5.56 Å². The van der Waals surface area contributed by atoms with Crippen LogP contribution in [-0.2, 0) is 6.42 Å². The maximum Gasteiger partial charge on any atom is 0.346 e. The minimum Gasteiger partial charge on any atom is -0.385 e. The van der Waals surface area contributed by atoms with E-state index in [0.29, 0.717) is 12.2 Å². The van der Waals surface area contributed by atoms with Gasteiger partial charge in [0.25, 0.3) is 0 Å². The second-order valence-corrected chi connectivity index (χ2v) is 3.72. The van der Waals surface area contributed by atoms with E-state index in [1.807, 2.05) is 16.8 Å². The van der Waals surface area contributed by atoms with Crippen molar-refractivity contribution in [3.05, 3.63) is 44.6 Å². The molecule has 2 aromatic rings. The average Bonchev–Trinajstić information content (AvgIpc) is 2.62. The molecule has 0 radical (unpaired) electrons. The highest BCUT2D eigenvalue weighted by atomic mass is 32.1. The molecule has 0 unspecified atom stereocenters. The van der Waals surface area contributed by atoms with Crippen molar-refractivity contribution in [3.8, 4) is 0 Å². The second kappa shape index (κ2) is 3.63.